The van der Waals surface area contributed by atoms with Gasteiger partial charge in [-0.1, -0.05) is 6.07 Å². The van der Waals surface area contributed by atoms with E-state index < -0.39 is 4.92 Å². The second-order valence-electron chi connectivity index (χ2n) is 3.64. The standard InChI is InChI=1S/C13H8BrNO4/c14-13-11(15(17)18)2-1-3-12(13)19-10-6-4-9(8-16)5-7-10/h1-8H. The van der Waals surface area contributed by atoms with Crippen LogP contribution in [-0.2, 0) is 0 Å². The molecule has 0 saturated carbocycles. The van der Waals surface area contributed by atoms with Crippen LogP contribution < -0.4 is 4.74 Å². The Labute approximate surface area is 117 Å². The molecule has 0 radical (unpaired) electrons. The lowest BCUT2D eigenvalue weighted by atomic mass is 10.2. The van der Waals surface area contributed by atoms with Gasteiger partial charge in [0.1, 0.15) is 22.3 Å². The Hall–Kier alpha value is -2.21. The zero-order valence-electron chi connectivity index (χ0n) is 9.58. The van der Waals surface area contributed by atoms with Crippen LogP contribution in [0.1, 0.15) is 10.4 Å². The summed E-state index contributed by atoms with van der Waals surface area (Å²) >= 11 is 3.14. The van der Waals surface area contributed by atoms with Crippen LogP contribution in [0.3, 0.4) is 0 Å². The van der Waals surface area contributed by atoms with Crippen LogP contribution in [0, 0.1) is 10.1 Å². The van der Waals surface area contributed by atoms with Crippen LogP contribution in [0.15, 0.2) is 46.9 Å². The number of aldehydes is 1. The number of ether oxygens (including phenoxy) is 1. The minimum absolute atomic E-state index is 0.0676. The van der Waals surface area contributed by atoms with Gasteiger partial charge in [0, 0.05) is 11.6 Å². The van der Waals surface area contributed by atoms with Gasteiger partial charge in [0.15, 0.2) is 0 Å². The van der Waals surface area contributed by atoms with E-state index in [2.05, 4.69) is 15.9 Å². The van der Waals surface area contributed by atoms with Crippen LogP contribution in [0.25, 0.3) is 0 Å². The number of carbonyl (C=O) groups is 1. The Morgan fingerprint density at radius 1 is 1.16 bits per heavy atom. The number of halogens is 1. The van der Waals surface area contributed by atoms with Crippen LogP contribution in [0.5, 0.6) is 11.5 Å². The second kappa shape index (κ2) is 5.62. The van der Waals surface area contributed by atoms with Gasteiger partial charge in [0.05, 0.1) is 4.92 Å². The third kappa shape index (κ3) is 2.97. The molecule has 6 heteroatoms. The van der Waals surface area contributed by atoms with E-state index in [1.165, 1.54) is 12.1 Å². The van der Waals surface area contributed by atoms with E-state index in [4.69, 9.17) is 4.74 Å². The molecule has 0 heterocycles. The molecule has 0 spiro atoms. The molecule has 0 aromatic heterocycles. The number of carbonyl (C=O) groups excluding carboxylic acids is 1. The van der Waals surface area contributed by atoms with Gasteiger partial charge in [-0.3, -0.25) is 14.9 Å². The average Bonchev–Trinajstić information content (AvgIpc) is 2.41. The van der Waals surface area contributed by atoms with Crippen molar-refractivity contribution < 1.29 is 14.5 Å². The number of hydrogen-bond donors (Lipinski definition) is 0. The van der Waals surface area contributed by atoms with Crippen LogP contribution in [-0.4, -0.2) is 11.2 Å². The normalized spacial score (nSPS) is 9.95. The van der Waals surface area contributed by atoms with Crippen LogP contribution in [0.4, 0.5) is 5.69 Å². The zero-order valence-corrected chi connectivity index (χ0v) is 11.2. The minimum atomic E-state index is -0.494. The maximum Gasteiger partial charge on any atom is 0.287 e. The first kappa shape index (κ1) is 13.2. The fourth-order valence-corrected chi connectivity index (χ4v) is 1.95. The summed E-state index contributed by atoms with van der Waals surface area (Å²) in [6.45, 7) is 0. The minimum Gasteiger partial charge on any atom is -0.456 e. The second-order valence-corrected chi connectivity index (χ2v) is 4.43. The highest BCUT2D eigenvalue weighted by Crippen LogP contribution is 2.36. The van der Waals surface area contributed by atoms with Crippen molar-refractivity contribution in [2.75, 3.05) is 0 Å². The lowest BCUT2D eigenvalue weighted by Gasteiger charge is -2.07. The Balaban J connectivity index is 2.30. The summed E-state index contributed by atoms with van der Waals surface area (Å²) in [5.74, 6) is 0.833. The molecule has 0 amide bonds. The SMILES string of the molecule is O=Cc1ccc(Oc2cccc([N+](=O)[O-])c2Br)cc1. The van der Waals surface area contributed by atoms with Gasteiger partial charge in [0.25, 0.3) is 5.69 Å². The number of rotatable bonds is 4. The quantitative estimate of drug-likeness (QED) is 0.485. The number of nitro groups is 1. The molecule has 0 N–H and O–H groups in total. The molecular weight excluding hydrogens is 314 g/mol. The number of hydrogen-bond acceptors (Lipinski definition) is 4. The molecule has 0 aliphatic heterocycles. The number of benzene rings is 2. The Morgan fingerprint density at radius 3 is 2.42 bits per heavy atom. The monoisotopic (exact) mass is 321 g/mol. The van der Waals surface area contributed by atoms with E-state index in [-0.39, 0.29) is 10.2 Å². The molecule has 0 aliphatic carbocycles. The number of nitrogens with zero attached hydrogens (tertiary/aromatic N) is 1. The molecule has 19 heavy (non-hydrogen) atoms. The smallest absolute Gasteiger partial charge is 0.287 e. The molecule has 0 bridgehead atoms. The molecule has 2 aromatic rings. The van der Waals surface area contributed by atoms with Gasteiger partial charge >= 0.3 is 0 Å². The molecule has 96 valence electrons. The summed E-state index contributed by atoms with van der Waals surface area (Å²) in [4.78, 5) is 20.8. The Kier molecular flexibility index (Phi) is 3.91. The van der Waals surface area contributed by atoms with E-state index in [1.54, 1.807) is 30.3 Å². The molecule has 2 rings (SSSR count). The predicted molar refractivity (Wildman–Crippen MR) is 72.7 cm³/mol. The third-order valence-electron chi connectivity index (χ3n) is 2.38. The van der Waals surface area contributed by atoms with Crippen LogP contribution >= 0.6 is 15.9 Å². The Bertz CT molecular complexity index is 625. The van der Waals surface area contributed by atoms with E-state index in [1.807, 2.05) is 0 Å². The largest absolute Gasteiger partial charge is 0.456 e. The molecule has 0 fully saturated rings. The van der Waals surface area contributed by atoms with E-state index >= 15 is 0 Å². The van der Waals surface area contributed by atoms with Crippen molar-refractivity contribution in [3.8, 4) is 11.5 Å². The van der Waals surface area contributed by atoms with Crippen LogP contribution in [0.2, 0.25) is 0 Å². The number of nitro benzene ring substituents is 1. The summed E-state index contributed by atoms with van der Waals surface area (Å²) < 4.78 is 5.81. The molecule has 5 nitrogen and oxygen atoms in total. The van der Waals surface area contributed by atoms with Crippen molar-refractivity contribution >= 4 is 27.9 Å². The molecular formula is C13H8BrNO4. The summed E-state index contributed by atoms with van der Waals surface area (Å²) in [7, 11) is 0. The van der Waals surface area contributed by atoms with Gasteiger partial charge < -0.3 is 4.74 Å². The van der Waals surface area contributed by atoms with E-state index in [9.17, 15) is 14.9 Å². The van der Waals surface area contributed by atoms with Gasteiger partial charge in [-0.2, -0.15) is 0 Å². The predicted octanol–water partition coefficient (Wildman–Crippen LogP) is 3.96. The summed E-state index contributed by atoms with van der Waals surface area (Å²) in [5.41, 5.74) is 0.465. The summed E-state index contributed by atoms with van der Waals surface area (Å²) in [5, 5.41) is 10.8. The fourth-order valence-electron chi connectivity index (χ4n) is 1.46. The lowest BCUT2D eigenvalue weighted by molar-refractivity contribution is -0.385. The zero-order chi connectivity index (χ0) is 13.8. The topological polar surface area (TPSA) is 69.4 Å². The third-order valence-corrected chi connectivity index (χ3v) is 3.18. The van der Waals surface area contributed by atoms with Crippen molar-refractivity contribution in [3.63, 3.8) is 0 Å². The highest BCUT2D eigenvalue weighted by atomic mass is 79.9. The van der Waals surface area contributed by atoms with Gasteiger partial charge in [-0.25, -0.2) is 0 Å². The fraction of sp³-hybridized carbons (Fsp3) is 0. The molecule has 0 atom stereocenters. The molecule has 2 aromatic carbocycles. The highest BCUT2D eigenvalue weighted by Gasteiger charge is 2.16. The van der Waals surface area contributed by atoms with E-state index in [0.29, 0.717) is 17.1 Å². The first-order valence-corrected chi connectivity index (χ1v) is 6.07. The highest BCUT2D eigenvalue weighted by molar-refractivity contribution is 9.10. The van der Waals surface area contributed by atoms with Gasteiger partial charge in [0.2, 0.25) is 0 Å². The summed E-state index contributed by atoms with van der Waals surface area (Å²) in [6.07, 6.45) is 0.729. The lowest BCUT2D eigenvalue weighted by Crippen LogP contribution is -1.92. The van der Waals surface area contributed by atoms with Gasteiger partial charge in [-0.05, 0) is 46.3 Å². The molecule has 0 unspecified atom stereocenters. The average molecular weight is 322 g/mol. The summed E-state index contributed by atoms with van der Waals surface area (Å²) in [6, 6.07) is 11.0. The van der Waals surface area contributed by atoms with Gasteiger partial charge in [-0.15, -0.1) is 0 Å². The van der Waals surface area contributed by atoms with Crippen molar-refractivity contribution in [1.29, 1.82) is 0 Å². The van der Waals surface area contributed by atoms with Crippen molar-refractivity contribution in [3.05, 3.63) is 62.6 Å². The van der Waals surface area contributed by atoms with E-state index in [0.717, 1.165) is 6.29 Å². The molecule has 0 saturated heterocycles. The maximum atomic E-state index is 10.8. The van der Waals surface area contributed by atoms with Crippen molar-refractivity contribution in [1.82, 2.24) is 0 Å². The van der Waals surface area contributed by atoms with Crippen molar-refractivity contribution in [2.45, 2.75) is 0 Å². The Morgan fingerprint density at radius 2 is 1.84 bits per heavy atom. The van der Waals surface area contributed by atoms with Crippen molar-refractivity contribution in [2.24, 2.45) is 0 Å². The first-order chi connectivity index (χ1) is 9.11. The maximum absolute atomic E-state index is 10.8. The first-order valence-electron chi connectivity index (χ1n) is 5.28. The molecule has 0 aliphatic rings.